The van der Waals surface area contributed by atoms with Crippen LogP contribution in [0.5, 0.6) is 0 Å². The summed E-state index contributed by atoms with van der Waals surface area (Å²) in [6, 6.07) is -1.71. The van der Waals surface area contributed by atoms with E-state index in [9.17, 15) is 18.0 Å². The van der Waals surface area contributed by atoms with Crippen molar-refractivity contribution in [2.75, 3.05) is 14.2 Å². The zero-order valence-electron chi connectivity index (χ0n) is 9.36. The molecule has 5 nitrogen and oxygen atoms in total. The van der Waals surface area contributed by atoms with Crippen molar-refractivity contribution in [3.63, 3.8) is 0 Å². The molecule has 0 aromatic rings. The Morgan fingerprint density at radius 2 is 2.00 bits per heavy atom. The van der Waals surface area contributed by atoms with Crippen molar-refractivity contribution < 1.29 is 32.2 Å². The largest absolute Gasteiger partial charge is 0.451 e. The molecule has 0 amide bonds. The number of methoxy groups -OCH3 is 2. The predicted molar refractivity (Wildman–Crippen MR) is 49.8 cm³/mol. The SMILES string of the molecule is COC1CC(C(N)C(=O)C(F)(F)F)C(OC)O1. The highest BCUT2D eigenvalue weighted by Crippen LogP contribution is 2.32. The number of halogens is 3. The third-order valence-electron chi connectivity index (χ3n) is 2.64. The van der Waals surface area contributed by atoms with Crippen molar-refractivity contribution in [2.45, 2.75) is 31.2 Å². The fourth-order valence-electron chi connectivity index (χ4n) is 1.72. The molecule has 4 unspecified atom stereocenters. The fourth-order valence-corrected chi connectivity index (χ4v) is 1.72. The van der Waals surface area contributed by atoms with E-state index in [0.717, 1.165) is 0 Å². The van der Waals surface area contributed by atoms with Crippen molar-refractivity contribution in [1.82, 2.24) is 0 Å². The first-order valence-corrected chi connectivity index (χ1v) is 4.89. The van der Waals surface area contributed by atoms with Gasteiger partial charge in [-0.15, -0.1) is 0 Å². The Balaban J connectivity index is 2.74. The Hall–Kier alpha value is -0.700. The van der Waals surface area contributed by atoms with E-state index in [1.54, 1.807) is 0 Å². The number of carbonyl (C=O) groups excluding carboxylic acids is 1. The molecule has 0 aromatic carbocycles. The van der Waals surface area contributed by atoms with Gasteiger partial charge in [0, 0.05) is 26.6 Å². The van der Waals surface area contributed by atoms with E-state index in [-0.39, 0.29) is 6.42 Å². The number of carbonyl (C=O) groups is 1. The Morgan fingerprint density at radius 1 is 1.41 bits per heavy atom. The quantitative estimate of drug-likeness (QED) is 0.790. The summed E-state index contributed by atoms with van der Waals surface area (Å²) in [6.45, 7) is 0. The first-order valence-electron chi connectivity index (χ1n) is 4.89. The van der Waals surface area contributed by atoms with E-state index >= 15 is 0 Å². The van der Waals surface area contributed by atoms with Crippen LogP contribution in [0.4, 0.5) is 13.2 Å². The highest BCUT2D eigenvalue weighted by molar-refractivity contribution is 5.89. The van der Waals surface area contributed by atoms with Gasteiger partial charge in [-0.05, 0) is 0 Å². The second-order valence-corrected chi connectivity index (χ2v) is 3.69. The van der Waals surface area contributed by atoms with Gasteiger partial charge in [-0.2, -0.15) is 13.2 Å². The Labute approximate surface area is 96.0 Å². The van der Waals surface area contributed by atoms with Crippen LogP contribution in [0.1, 0.15) is 6.42 Å². The summed E-state index contributed by atoms with van der Waals surface area (Å²) in [5.41, 5.74) is 5.31. The number of Topliss-reactive ketones (excluding diaryl/α,β-unsaturated/α-hetero) is 1. The zero-order valence-corrected chi connectivity index (χ0v) is 9.36. The third kappa shape index (κ3) is 3.15. The highest BCUT2D eigenvalue weighted by atomic mass is 19.4. The Morgan fingerprint density at radius 3 is 2.41 bits per heavy atom. The molecule has 1 fully saturated rings. The average molecular weight is 257 g/mol. The molecule has 4 atom stereocenters. The van der Waals surface area contributed by atoms with Crippen molar-refractivity contribution in [3.8, 4) is 0 Å². The Bertz CT molecular complexity index is 284. The van der Waals surface area contributed by atoms with Crippen LogP contribution in [0.15, 0.2) is 0 Å². The maximum atomic E-state index is 12.2. The van der Waals surface area contributed by atoms with Crippen LogP contribution >= 0.6 is 0 Å². The van der Waals surface area contributed by atoms with E-state index < -0.39 is 36.5 Å². The molecule has 100 valence electrons. The van der Waals surface area contributed by atoms with Crippen LogP contribution in [0.25, 0.3) is 0 Å². The summed E-state index contributed by atoms with van der Waals surface area (Å²) in [6.07, 6.45) is -6.56. The fraction of sp³-hybridized carbons (Fsp3) is 0.889. The van der Waals surface area contributed by atoms with Gasteiger partial charge in [0.25, 0.3) is 5.78 Å². The lowest BCUT2D eigenvalue weighted by Gasteiger charge is -2.22. The van der Waals surface area contributed by atoms with Gasteiger partial charge >= 0.3 is 6.18 Å². The predicted octanol–water partition coefficient (Wildman–Crippen LogP) is 0.427. The van der Waals surface area contributed by atoms with Gasteiger partial charge in [-0.25, -0.2) is 0 Å². The molecule has 17 heavy (non-hydrogen) atoms. The molecule has 1 aliphatic rings. The van der Waals surface area contributed by atoms with Gasteiger partial charge in [-0.3, -0.25) is 4.79 Å². The molecule has 1 heterocycles. The van der Waals surface area contributed by atoms with Crippen molar-refractivity contribution in [1.29, 1.82) is 0 Å². The lowest BCUT2D eigenvalue weighted by molar-refractivity contribution is -0.197. The number of rotatable bonds is 4. The lowest BCUT2D eigenvalue weighted by Crippen LogP contribution is -2.48. The summed E-state index contributed by atoms with van der Waals surface area (Å²) in [7, 11) is 2.61. The van der Waals surface area contributed by atoms with Crippen LogP contribution in [0.2, 0.25) is 0 Å². The molecule has 0 aliphatic carbocycles. The maximum absolute atomic E-state index is 12.2. The summed E-state index contributed by atoms with van der Waals surface area (Å²) < 4.78 is 51.5. The van der Waals surface area contributed by atoms with Crippen LogP contribution in [0.3, 0.4) is 0 Å². The minimum atomic E-state index is -4.96. The molecule has 8 heteroatoms. The minimum absolute atomic E-state index is 0.0813. The molecule has 0 saturated carbocycles. The topological polar surface area (TPSA) is 70.8 Å². The number of hydrogen-bond donors (Lipinski definition) is 1. The molecule has 1 saturated heterocycles. The van der Waals surface area contributed by atoms with Crippen molar-refractivity contribution >= 4 is 5.78 Å². The van der Waals surface area contributed by atoms with E-state index in [0.29, 0.717) is 0 Å². The molecule has 1 rings (SSSR count). The van der Waals surface area contributed by atoms with Gasteiger partial charge in [0.15, 0.2) is 12.6 Å². The monoisotopic (exact) mass is 257 g/mol. The van der Waals surface area contributed by atoms with Gasteiger partial charge in [0.1, 0.15) is 0 Å². The number of hydrogen-bond acceptors (Lipinski definition) is 5. The average Bonchev–Trinajstić information content (AvgIpc) is 2.68. The number of ether oxygens (including phenoxy) is 3. The molecular formula is C9H14F3NO4. The van der Waals surface area contributed by atoms with E-state index in [1.807, 2.05) is 0 Å². The molecule has 2 N–H and O–H groups in total. The van der Waals surface area contributed by atoms with Gasteiger partial charge in [0.2, 0.25) is 0 Å². The van der Waals surface area contributed by atoms with Gasteiger partial charge in [-0.1, -0.05) is 0 Å². The smallest absolute Gasteiger partial charge is 0.356 e. The summed E-state index contributed by atoms with van der Waals surface area (Å²) in [4.78, 5) is 11.0. The van der Waals surface area contributed by atoms with Crippen LogP contribution < -0.4 is 5.73 Å². The third-order valence-corrected chi connectivity index (χ3v) is 2.64. The minimum Gasteiger partial charge on any atom is -0.356 e. The summed E-state index contributed by atoms with van der Waals surface area (Å²) in [5.74, 6) is -2.86. The van der Waals surface area contributed by atoms with Gasteiger partial charge in [0.05, 0.1) is 6.04 Å². The van der Waals surface area contributed by atoms with Crippen molar-refractivity contribution in [3.05, 3.63) is 0 Å². The van der Waals surface area contributed by atoms with Crippen LogP contribution in [-0.2, 0) is 19.0 Å². The van der Waals surface area contributed by atoms with Crippen molar-refractivity contribution in [2.24, 2.45) is 11.7 Å². The Kier molecular flexibility index (Phi) is 4.48. The first-order chi connectivity index (χ1) is 7.81. The van der Waals surface area contributed by atoms with E-state index in [2.05, 4.69) is 0 Å². The standard InChI is InChI=1S/C9H14F3NO4/c1-15-5-3-4(8(16-2)17-5)6(13)7(14)9(10,11)12/h4-6,8H,3,13H2,1-2H3. The van der Waals surface area contributed by atoms with Crippen LogP contribution in [0, 0.1) is 5.92 Å². The maximum Gasteiger partial charge on any atom is 0.451 e. The lowest BCUT2D eigenvalue weighted by atomic mass is 9.94. The first kappa shape index (κ1) is 14.4. The molecule has 1 aliphatic heterocycles. The number of alkyl halides is 3. The molecular weight excluding hydrogens is 243 g/mol. The molecule has 0 bridgehead atoms. The highest BCUT2D eigenvalue weighted by Gasteiger charge is 2.49. The van der Waals surface area contributed by atoms with E-state index in [1.165, 1.54) is 14.2 Å². The molecule has 0 spiro atoms. The van der Waals surface area contributed by atoms with E-state index in [4.69, 9.17) is 19.9 Å². The summed E-state index contributed by atoms with van der Waals surface area (Å²) in [5, 5.41) is 0. The second-order valence-electron chi connectivity index (χ2n) is 3.69. The second kappa shape index (κ2) is 5.30. The number of nitrogens with two attached hydrogens (primary N) is 1. The zero-order chi connectivity index (χ0) is 13.2. The molecule has 0 aromatic heterocycles. The molecule has 0 radical (unpaired) electrons. The normalized spacial score (nSPS) is 31.5. The van der Waals surface area contributed by atoms with Crippen LogP contribution in [-0.4, -0.2) is 44.8 Å². The van der Waals surface area contributed by atoms with Gasteiger partial charge < -0.3 is 19.9 Å². The number of ketones is 1. The summed E-state index contributed by atoms with van der Waals surface area (Å²) >= 11 is 0.